The Hall–Kier alpha value is -1.75. The lowest BCUT2D eigenvalue weighted by Crippen LogP contribution is -2.40. The van der Waals surface area contributed by atoms with Crippen LogP contribution in [0.4, 0.5) is 0 Å². The largest absolute Gasteiger partial charge is 0.379 e. The molecular formula is C14H17N3O5S2. The summed E-state index contributed by atoms with van der Waals surface area (Å²) in [5.74, 6) is 0.283. The van der Waals surface area contributed by atoms with Crippen LogP contribution in [-0.2, 0) is 21.2 Å². The summed E-state index contributed by atoms with van der Waals surface area (Å²) in [6.45, 7) is 2.68. The number of ether oxygens (including phenoxy) is 1. The lowest BCUT2D eigenvalue weighted by molar-refractivity contribution is 0.0925. The molecule has 8 nitrogen and oxygen atoms in total. The molecule has 3 N–H and O–H groups in total. The molecule has 10 heteroatoms. The maximum atomic E-state index is 12.4. The molecule has 0 radical (unpaired) electrons. The fraction of sp³-hybridized carbons (Fsp3) is 0.429. The van der Waals surface area contributed by atoms with Crippen molar-refractivity contribution in [3.8, 4) is 0 Å². The first-order chi connectivity index (χ1) is 11.3. The second-order valence-corrected chi connectivity index (χ2v) is 8.12. The predicted molar refractivity (Wildman–Crippen MR) is 86.2 cm³/mol. The number of sulfonamides is 1. The highest BCUT2D eigenvalue weighted by molar-refractivity contribution is 7.89. The number of nitrogens with two attached hydrogens (primary N) is 1. The van der Waals surface area contributed by atoms with Gasteiger partial charge in [-0.05, 0) is 18.4 Å². The van der Waals surface area contributed by atoms with E-state index in [-0.39, 0.29) is 21.7 Å². The molecule has 3 heterocycles. The van der Waals surface area contributed by atoms with Crippen LogP contribution in [0.5, 0.6) is 0 Å². The number of thiophene rings is 1. The van der Waals surface area contributed by atoms with Crippen molar-refractivity contribution >= 4 is 27.3 Å². The van der Waals surface area contributed by atoms with E-state index in [9.17, 15) is 13.2 Å². The number of primary sulfonamides is 1. The second kappa shape index (κ2) is 6.63. The van der Waals surface area contributed by atoms with Gasteiger partial charge in [0.05, 0.1) is 24.9 Å². The molecule has 0 unspecified atom stereocenters. The van der Waals surface area contributed by atoms with E-state index in [1.807, 2.05) is 13.0 Å². The van der Waals surface area contributed by atoms with E-state index in [0.29, 0.717) is 19.6 Å². The third kappa shape index (κ3) is 3.66. The van der Waals surface area contributed by atoms with Crippen LogP contribution in [0.15, 0.2) is 26.9 Å². The Labute approximate surface area is 143 Å². The average molecular weight is 371 g/mol. The number of hydrogen-bond donors (Lipinski definition) is 2. The average Bonchev–Trinajstić information content (AvgIpc) is 3.20. The predicted octanol–water partition coefficient (Wildman–Crippen LogP) is 0.679. The van der Waals surface area contributed by atoms with Gasteiger partial charge in [0.15, 0.2) is 0 Å². The smallest absolute Gasteiger partial charge is 0.263 e. The van der Waals surface area contributed by atoms with Gasteiger partial charge in [-0.3, -0.25) is 4.79 Å². The first-order valence-corrected chi connectivity index (χ1v) is 9.68. The maximum Gasteiger partial charge on any atom is 0.263 e. The Morgan fingerprint density at radius 2 is 2.29 bits per heavy atom. The number of nitrogens with zero attached hydrogens (tertiary/aromatic N) is 1. The summed E-state index contributed by atoms with van der Waals surface area (Å²) in [5.41, 5.74) is 0.792. The van der Waals surface area contributed by atoms with Crippen LogP contribution in [0.1, 0.15) is 21.1 Å². The Bertz CT molecular complexity index is 842. The van der Waals surface area contributed by atoms with Crippen LogP contribution in [-0.4, -0.2) is 38.7 Å². The molecule has 24 heavy (non-hydrogen) atoms. The number of aryl methyl sites for hydroxylation is 1. The van der Waals surface area contributed by atoms with Crippen LogP contribution in [0.3, 0.4) is 0 Å². The molecule has 1 amide bonds. The SMILES string of the molecule is Cc1cc(C[C@@H]2COC[C@@H]2NC(=O)c2sccc2S(N)(=O)=O)on1. The zero-order chi connectivity index (χ0) is 17.3. The van der Waals surface area contributed by atoms with Crippen LogP contribution < -0.4 is 10.5 Å². The topological polar surface area (TPSA) is 125 Å². The van der Waals surface area contributed by atoms with Crippen LogP contribution in [0, 0.1) is 12.8 Å². The highest BCUT2D eigenvalue weighted by Gasteiger charge is 2.32. The number of hydrogen-bond acceptors (Lipinski definition) is 7. The summed E-state index contributed by atoms with van der Waals surface area (Å²) in [6, 6.07) is 2.93. The van der Waals surface area contributed by atoms with E-state index in [1.54, 1.807) is 0 Å². The second-order valence-electron chi connectivity index (χ2n) is 5.68. The van der Waals surface area contributed by atoms with E-state index in [0.717, 1.165) is 22.8 Å². The summed E-state index contributed by atoms with van der Waals surface area (Å²) < 4.78 is 33.7. The minimum Gasteiger partial charge on any atom is -0.379 e. The molecular weight excluding hydrogens is 354 g/mol. The van der Waals surface area contributed by atoms with Crippen molar-refractivity contribution in [2.75, 3.05) is 13.2 Å². The van der Waals surface area contributed by atoms with Crippen molar-refractivity contribution in [2.45, 2.75) is 24.3 Å². The Morgan fingerprint density at radius 3 is 2.96 bits per heavy atom. The quantitative estimate of drug-likeness (QED) is 0.796. The first kappa shape index (κ1) is 17.1. The molecule has 3 rings (SSSR count). The van der Waals surface area contributed by atoms with E-state index >= 15 is 0 Å². The molecule has 2 aromatic heterocycles. The third-order valence-electron chi connectivity index (χ3n) is 3.80. The third-order valence-corrected chi connectivity index (χ3v) is 5.79. The molecule has 1 fully saturated rings. The van der Waals surface area contributed by atoms with Gasteiger partial charge in [-0.15, -0.1) is 11.3 Å². The van der Waals surface area contributed by atoms with E-state index < -0.39 is 15.9 Å². The summed E-state index contributed by atoms with van der Waals surface area (Å²) in [5, 5.41) is 13.3. The van der Waals surface area contributed by atoms with Gasteiger partial charge in [-0.2, -0.15) is 0 Å². The zero-order valence-corrected chi connectivity index (χ0v) is 14.5. The number of amides is 1. The van der Waals surface area contributed by atoms with Crippen molar-refractivity contribution in [1.82, 2.24) is 10.5 Å². The molecule has 2 atom stereocenters. The molecule has 1 saturated heterocycles. The van der Waals surface area contributed by atoms with E-state index in [1.165, 1.54) is 11.4 Å². The minimum absolute atomic E-state index is 0.0270. The van der Waals surface area contributed by atoms with Gasteiger partial charge < -0.3 is 14.6 Å². The van der Waals surface area contributed by atoms with Crippen molar-refractivity contribution in [3.63, 3.8) is 0 Å². The number of carbonyl (C=O) groups excluding carboxylic acids is 1. The van der Waals surface area contributed by atoms with Gasteiger partial charge in [-0.25, -0.2) is 13.6 Å². The zero-order valence-electron chi connectivity index (χ0n) is 12.9. The molecule has 130 valence electrons. The standard InChI is InChI=1S/C14H17N3O5S2/c1-8-4-10(22-17-8)5-9-6-21-7-11(9)16-14(18)13-12(2-3-23-13)24(15,19)20/h2-4,9,11H,5-7H2,1H3,(H,16,18)(H2,15,19,20)/t9-,11+/m1/s1. The van der Waals surface area contributed by atoms with Crippen molar-refractivity contribution < 1.29 is 22.5 Å². The summed E-state index contributed by atoms with van der Waals surface area (Å²) in [7, 11) is -3.93. The molecule has 0 bridgehead atoms. The van der Waals surface area contributed by atoms with E-state index in [2.05, 4.69) is 10.5 Å². The van der Waals surface area contributed by atoms with Gasteiger partial charge in [0, 0.05) is 18.4 Å². The minimum atomic E-state index is -3.93. The van der Waals surface area contributed by atoms with Crippen molar-refractivity contribution in [3.05, 3.63) is 33.8 Å². The van der Waals surface area contributed by atoms with Gasteiger partial charge >= 0.3 is 0 Å². The monoisotopic (exact) mass is 371 g/mol. The molecule has 1 aliphatic rings. The number of aromatic nitrogens is 1. The normalized spacial score (nSPS) is 21.1. The highest BCUT2D eigenvalue weighted by Crippen LogP contribution is 2.23. The fourth-order valence-electron chi connectivity index (χ4n) is 2.65. The molecule has 0 aliphatic carbocycles. The summed E-state index contributed by atoms with van der Waals surface area (Å²) in [6.07, 6.45) is 0.582. The Kier molecular flexibility index (Phi) is 4.72. The van der Waals surface area contributed by atoms with Crippen molar-refractivity contribution in [2.24, 2.45) is 11.1 Å². The van der Waals surface area contributed by atoms with Crippen LogP contribution in [0.2, 0.25) is 0 Å². The Balaban J connectivity index is 1.71. The molecule has 1 aliphatic heterocycles. The van der Waals surface area contributed by atoms with Gasteiger partial charge in [-0.1, -0.05) is 5.16 Å². The summed E-state index contributed by atoms with van der Waals surface area (Å²) in [4.78, 5) is 12.3. The van der Waals surface area contributed by atoms with Crippen LogP contribution >= 0.6 is 11.3 Å². The number of nitrogens with one attached hydrogen (secondary N) is 1. The van der Waals surface area contributed by atoms with Crippen molar-refractivity contribution in [1.29, 1.82) is 0 Å². The lowest BCUT2D eigenvalue weighted by atomic mass is 9.98. The molecule has 2 aromatic rings. The van der Waals surface area contributed by atoms with Gasteiger partial charge in [0.2, 0.25) is 10.0 Å². The first-order valence-electron chi connectivity index (χ1n) is 7.25. The molecule has 0 saturated carbocycles. The van der Waals surface area contributed by atoms with E-state index in [4.69, 9.17) is 14.4 Å². The summed E-state index contributed by atoms with van der Waals surface area (Å²) >= 11 is 1.04. The number of carbonyl (C=O) groups is 1. The van der Waals surface area contributed by atoms with Gasteiger partial charge in [0.1, 0.15) is 15.5 Å². The maximum absolute atomic E-state index is 12.4. The lowest BCUT2D eigenvalue weighted by Gasteiger charge is -2.17. The number of rotatable bonds is 5. The molecule has 0 spiro atoms. The van der Waals surface area contributed by atoms with Crippen LogP contribution in [0.25, 0.3) is 0 Å². The van der Waals surface area contributed by atoms with Gasteiger partial charge in [0.25, 0.3) is 5.91 Å². The fourth-order valence-corrected chi connectivity index (χ4v) is 4.53. The Morgan fingerprint density at radius 1 is 1.50 bits per heavy atom. The highest BCUT2D eigenvalue weighted by atomic mass is 32.2. The molecule has 0 aromatic carbocycles.